The molecule has 1 aromatic rings. The van der Waals surface area contributed by atoms with Crippen molar-refractivity contribution in [3.8, 4) is 5.75 Å². The summed E-state index contributed by atoms with van der Waals surface area (Å²) in [5, 5.41) is 9.69. The highest BCUT2D eigenvalue weighted by molar-refractivity contribution is 5.38. The predicted molar refractivity (Wildman–Crippen MR) is 57.7 cm³/mol. The van der Waals surface area contributed by atoms with Gasteiger partial charge < -0.3 is 20.3 Å². The number of ether oxygens (including phenoxy) is 2. The van der Waals surface area contributed by atoms with Gasteiger partial charge in [-0.05, 0) is 17.7 Å². The minimum atomic E-state index is -0.697. The smallest absolute Gasteiger partial charge is 0.124 e. The molecule has 84 valence electrons. The molecular weight excluding hydrogens is 194 g/mol. The van der Waals surface area contributed by atoms with E-state index in [1.807, 2.05) is 18.2 Å². The molecule has 1 unspecified atom stereocenters. The van der Waals surface area contributed by atoms with Crippen LogP contribution in [-0.2, 0) is 11.3 Å². The lowest BCUT2D eigenvalue weighted by atomic mass is 10.0. The van der Waals surface area contributed by atoms with Crippen molar-refractivity contribution in [3.63, 3.8) is 0 Å². The Morgan fingerprint density at radius 1 is 1.40 bits per heavy atom. The lowest BCUT2D eigenvalue weighted by Gasteiger charge is -2.14. The van der Waals surface area contributed by atoms with Gasteiger partial charge in [-0.3, -0.25) is 0 Å². The molecule has 1 rings (SSSR count). The number of hydrogen-bond donors (Lipinski definition) is 2. The van der Waals surface area contributed by atoms with Crippen molar-refractivity contribution in [2.24, 2.45) is 5.73 Å². The topological polar surface area (TPSA) is 64.7 Å². The van der Waals surface area contributed by atoms with Gasteiger partial charge in [0, 0.05) is 19.2 Å². The monoisotopic (exact) mass is 211 g/mol. The zero-order valence-electron chi connectivity index (χ0n) is 9.06. The van der Waals surface area contributed by atoms with Gasteiger partial charge in [0.1, 0.15) is 5.75 Å². The molecule has 0 saturated heterocycles. The van der Waals surface area contributed by atoms with E-state index >= 15 is 0 Å². The number of benzene rings is 1. The quantitative estimate of drug-likeness (QED) is 0.757. The van der Waals surface area contributed by atoms with Gasteiger partial charge in [-0.1, -0.05) is 6.07 Å². The van der Waals surface area contributed by atoms with Crippen LogP contribution in [0.15, 0.2) is 18.2 Å². The highest BCUT2D eigenvalue weighted by Crippen LogP contribution is 2.26. The Labute approximate surface area is 89.6 Å². The first-order chi connectivity index (χ1) is 7.22. The van der Waals surface area contributed by atoms with Gasteiger partial charge >= 0.3 is 0 Å². The molecule has 1 aromatic carbocycles. The minimum Gasteiger partial charge on any atom is -0.496 e. The van der Waals surface area contributed by atoms with Crippen molar-refractivity contribution < 1.29 is 14.6 Å². The third-order valence-electron chi connectivity index (χ3n) is 2.19. The zero-order chi connectivity index (χ0) is 11.3. The summed E-state index contributed by atoms with van der Waals surface area (Å²) >= 11 is 0. The Morgan fingerprint density at radius 3 is 2.67 bits per heavy atom. The summed E-state index contributed by atoms with van der Waals surface area (Å²) in [6.45, 7) is 0.682. The summed E-state index contributed by atoms with van der Waals surface area (Å²) in [5.41, 5.74) is 7.11. The van der Waals surface area contributed by atoms with Gasteiger partial charge in [-0.25, -0.2) is 0 Å². The Morgan fingerprint density at radius 2 is 2.13 bits per heavy atom. The first-order valence-electron chi connectivity index (χ1n) is 4.76. The standard InChI is InChI=1S/C11H17NO3/c1-14-7-8-3-4-11(15-2)9(5-8)10(13)6-12/h3-5,10,13H,6-7,12H2,1-2H3. The molecule has 0 amide bonds. The minimum absolute atomic E-state index is 0.173. The molecule has 0 aliphatic heterocycles. The van der Waals surface area contributed by atoms with Crippen LogP contribution >= 0.6 is 0 Å². The van der Waals surface area contributed by atoms with Gasteiger partial charge in [0.25, 0.3) is 0 Å². The lowest BCUT2D eigenvalue weighted by molar-refractivity contribution is 0.177. The summed E-state index contributed by atoms with van der Waals surface area (Å²) < 4.78 is 10.2. The fourth-order valence-electron chi connectivity index (χ4n) is 1.43. The van der Waals surface area contributed by atoms with E-state index in [0.717, 1.165) is 5.56 Å². The van der Waals surface area contributed by atoms with E-state index in [1.165, 1.54) is 0 Å². The van der Waals surface area contributed by atoms with E-state index in [1.54, 1.807) is 14.2 Å². The van der Waals surface area contributed by atoms with Crippen molar-refractivity contribution in [2.45, 2.75) is 12.7 Å². The van der Waals surface area contributed by atoms with Crippen LogP contribution in [0.5, 0.6) is 5.75 Å². The van der Waals surface area contributed by atoms with Crippen LogP contribution in [0.2, 0.25) is 0 Å². The summed E-state index contributed by atoms with van der Waals surface area (Å²) in [6, 6.07) is 5.55. The highest BCUT2D eigenvalue weighted by Gasteiger charge is 2.12. The summed E-state index contributed by atoms with van der Waals surface area (Å²) in [6.07, 6.45) is -0.697. The maximum atomic E-state index is 9.69. The largest absolute Gasteiger partial charge is 0.496 e. The molecule has 0 spiro atoms. The first-order valence-corrected chi connectivity index (χ1v) is 4.76. The van der Waals surface area contributed by atoms with Crippen LogP contribution in [0.25, 0.3) is 0 Å². The maximum Gasteiger partial charge on any atom is 0.124 e. The highest BCUT2D eigenvalue weighted by atomic mass is 16.5. The molecule has 3 N–H and O–H groups in total. The van der Waals surface area contributed by atoms with Crippen molar-refractivity contribution in [1.82, 2.24) is 0 Å². The Bertz CT molecular complexity index is 315. The molecule has 4 nitrogen and oxygen atoms in total. The van der Waals surface area contributed by atoms with E-state index in [-0.39, 0.29) is 6.54 Å². The molecule has 0 bridgehead atoms. The van der Waals surface area contributed by atoms with E-state index in [2.05, 4.69) is 0 Å². The number of nitrogens with two attached hydrogens (primary N) is 1. The molecule has 0 fully saturated rings. The maximum absolute atomic E-state index is 9.69. The van der Waals surface area contributed by atoms with Gasteiger partial charge in [0.2, 0.25) is 0 Å². The summed E-state index contributed by atoms with van der Waals surface area (Å²) in [4.78, 5) is 0. The normalized spacial score (nSPS) is 12.5. The molecule has 1 atom stereocenters. The van der Waals surface area contributed by atoms with Crippen molar-refractivity contribution in [1.29, 1.82) is 0 Å². The van der Waals surface area contributed by atoms with E-state index in [4.69, 9.17) is 15.2 Å². The first kappa shape index (κ1) is 12.0. The van der Waals surface area contributed by atoms with Gasteiger partial charge in [-0.15, -0.1) is 0 Å². The molecule has 0 saturated carbocycles. The van der Waals surface area contributed by atoms with Crippen LogP contribution in [0.1, 0.15) is 17.2 Å². The Balaban J connectivity index is 3.01. The third-order valence-corrected chi connectivity index (χ3v) is 2.19. The zero-order valence-corrected chi connectivity index (χ0v) is 9.06. The van der Waals surface area contributed by atoms with Crippen LogP contribution < -0.4 is 10.5 Å². The second-order valence-corrected chi connectivity index (χ2v) is 3.26. The molecule has 0 aliphatic rings. The molecule has 0 heterocycles. The van der Waals surface area contributed by atoms with Crippen LogP contribution in [0.3, 0.4) is 0 Å². The second kappa shape index (κ2) is 5.70. The van der Waals surface area contributed by atoms with E-state index in [0.29, 0.717) is 17.9 Å². The summed E-state index contributed by atoms with van der Waals surface area (Å²) in [5.74, 6) is 0.646. The molecular formula is C11H17NO3. The lowest BCUT2D eigenvalue weighted by Crippen LogP contribution is -2.13. The molecule has 4 heteroatoms. The van der Waals surface area contributed by atoms with Crippen molar-refractivity contribution in [2.75, 3.05) is 20.8 Å². The molecule has 0 aromatic heterocycles. The Kier molecular flexibility index (Phi) is 4.55. The van der Waals surface area contributed by atoms with Crippen LogP contribution in [-0.4, -0.2) is 25.9 Å². The Hall–Kier alpha value is -1.10. The fraction of sp³-hybridized carbons (Fsp3) is 0.455. The average Bonchev–Trinajstić information content (AvgIpc) is 2.28. The van der Waals surface area contributed by atoms with Crippen LogP contribution in [0.4, 0.5) is 0 Å². The van der Waals surface area contributed by atoms with Gasteiger partial charge in [0.05, 0.1) is 19.8 Å². The predicted octanol–water partition coefficient (Wildman–Crippen LogP) is 0.834. The molecule has 0 radical (unpaired) electrons. The number of methoxy groups -OCH3 is 2. The number of aliphatic hydroxyl groups is 1. The van der Waals surface area contributed by atoms with Gasteiger partial charge in [-0.2, -0.15) is 0 Å². The van der Waals surface area contributed by atoms with E-state index in [9.17, 15) is 5.11 Å². The number of rotatable bonds is 5. The number of aliphatic hydroxyl groups excluding tert-OH is 1. The van der Waals surface area contributed by atoms with Crippen molar-refractivity contribution in [3.05, 3.63) is 29.3 Å². The molecule has 0 aliphatic carbocycles. The van der Waals surface area contributed by atoms with Gasteiger partial charge in [0.15, 0.2) is 0 Å². The molecule has 15 heavy (non-hydrogen) atoms. The fourth-order valence-corrected chi connectivity index (χ4v) is 1.43. The third kappa shape index (κ3) is 2.92. The SMILES string of the molecule is COCc1ccc(OC)c(C(O)CN)c1. The second-order valence-electron chi connectivity index (χ2n) is 3.26. The van der Waals surface area contributed by atoms with E-state index < -0.39 is 6.10 Å². The van der Waals surface area contributed by atoms with Crippen LogP contribution in [0, 0.1) is 0 Å². The van der Waals surface area contributed by atoms with Crippen molar-refractivity contribution >= 4 is 0 Å². The summed E-state index contributed by atoms with van der Waals surface area (Å²) in [7, 11) is 3.20. The average molecular weight is 211 g/mol. The number of hydrogen-bond acceptors (Lipinski definition) is 4.